The standard InChI is InChI=1S/C28H24N2O4.C2HF3O2/c1-32-24-8-10-26-21(16-24)15-22(18-33-26)28(31)30-25-9-7-20(19-11-13-29-14-12-19)17-27(25)34-23-5-3-2-4-6-23;3-2(4,5)1(6)7/h2-14,16-17,22H,15,18H2,1H3,(H,30,31);(H,6,7). The number of benzene rings is 3. The molecule has 0 spiro atoms. The van der Waals surface area contributed by atoms with Gasteiger partial charge < -0.3 is 24.6 Å². The van der Waals surface area contributed by atoms with Gasteiger partial charge in [-0.1, -0.05) is 24.3 Å². The summed E-state index contributed by atoms with van der Waals surface area (Å²) < 4.78 is 49.1. The third-order valence-electron chi connectivity index (χ3n) is 6.01. The lowest BCUT2D eigenvalue weighted by molar-refractivity contribution is -0.192. The third kappa shape index (κ3) is 7.75. The molecule has 0 saturated heterocycles. The van der Waals surface area contributed by atoms with E-state index in [4.69, 9.17) is 24.1 Å². The smallest absolute Gasteiger partial charge is 0.490 e. The Bertz CT molecular complexity index is 1500. The highest BCUT2D eigenvalue weighted by molar-refractivity contribution is 5.95. The zero-order valence-electron chi connectivity index (χ0n) is 21.7. The summed E-state index contributed by atoms with van der Waals surface area (Å²) in [5.41, 5.74) is 3.54. The number of aromatic nitrogens is 1. The normalized spacial score (nSPS) is 13.9. The number of ether oxygens (including phenoxy) is 3. The van der Waals surface area contributed by atoms with Crippen LogP contribution in [-0.2, 0) is 16.0 Å². The first-order chi connectivity index (χ1) is 19.6. The maximum Gasteiger partial charge on any atom is 0.490 e. The Hall–Kier alpha value is -5.06. The van der Waals surface area contributed by atoms with Crippen molar-refractivity contribution in [2.45, 2.75) is 12.6 Å². The van der Waals surface area contributed by atoms with E-state index in [1.807, 2.05) is 78.9 Å². The number of nitrogens with one attached hydrogen (secondary N) is 1. The first kappa shape index (κ1) is 28.9. The fourth-order valence-corrected chi connectivity index (χ4v) is 3.95. The average molecular weight is 567 g/mol. The number of amides is 1. The van der Waals surface area contributed by atoms with E-state index in [1.165, 1.54) is 0 Å². The fraction of sp³-hybridized carbons (Fsp3) is 0.167. The number of carbonyl (C=O) groups is 2. The van der Waals surface area contributed by atoms with Gasteiger partial charge in [-0.15, -0.1) is 0 Å². The molecule has 1 amide bonds. The van der Waals surface area contributed by atoms with Crippen LogP contribution in [0, 0.1) is 5.92 Å². The lowest BCUT2D eigenvalue weighted by atomic mass is 9.95. The number of methoxy groups -OCH3 is 1. The number of halogens is 3. The molecule has 212 valence electrons. The van der Waals surface area contributed by atoms with Crippen LogP contribution in [0.25, 0.3) is 11.1 Å². The molecule has 0 fully saturated rings. The largest absolute Gasteiger partial charge is 0.497 e. The number of anilines is 1. The molecule has 1 unspecified atom stereocenters. The molecule has 1 aliphatic rings. The van der Waals surface area contributed by atoms with E-state index in [9.17, 15) is 18.0 Å². The van der Waals surface area contributed by atoms with Crippen LogP contribution in [0.15, 0.2) is 91.3 Å². The summed E-state index contributed by atoms with van der Waals surface area (Å²) in [6.07, 6.45) is -1.01. The molecule has 2 N–H and O–H groups in total. The topological polar surface area (TPSA) is 107 Å². The highest BCUT2D eigenvalue weighted by Crippen LogP contribution is 2.36. The molecule has 8 nitrogen and oxygen atoms in total. The van der Waals surface area contributed by atoms with Crippen molar-refractivity contribution < 1.29 is 42.1 Å². The van der Waals surface area contributed by atoms with Crippen LogP contribution >= 0.6 is 0 Å². The van der Waals surface area contributed by atoms with Crippen molar-refractivity contribution in [3.63, 3.8) is 0 Å². The van der Waals surface area contributed by atoms with E-state index in [2.05, 4.69) is 10.3 Å². The number of hydrogen-bond acceptors (Lipinski definition) is 6. The van der Waals surface area contributed by atoms with E-state index >= 15 is 0 Å². The molecule has 4 aromatic rings. The van der Waals surface area contributed by atoms with Crippen LogP contribution in [0.4, 0.5) is 18.9 Å². The molecule has 41 heavy (non-hydrogen) atoms. The van der Waals surface area contributed by atoms with E-state index in [0.717, 1.165) is 28.2 Å². The van der Waals surface area contributed by atoms with Crippen LogP contribution in [0.5, 0.6) is 23.0 Å². The zero-order valence-corrected chi connectivity index (χ0v) is 21.7. The van der Waals surface area contributed by atoms with E-state index in [1.54, 1.807) is 19.5 Å². The van der Waals surface area contributed by atoms with Crippen molar-refractivity contribution in [1.82, 2.24) is 4.98 Å². The van der Waals surface area contributed by atoms with Crippen molar-refractivity contribution in [1.29, 1.82) is 0 Å². The number of hydrogen-bond donors (Lipinski definition) is 2. The van der Waals surface area contributed by atoms with Gasteiger partial charge >= 0.3 is 12.1 Å². The Morgan fingerprint density at radius 3 is 2.32 bits per heavy atom. The van der Waals surface area contributed by atoms with Gasteiger partial charge in [0.2, 0.25) is 5.91 Å². The summed E-state index contributed by atoms with van der Waals surface area (Å²) >= 11 is 0. The Kier molecular flexibility index (Phi) is 9.08. The lowest BCUT2D eigenvalue weighted by Crippen LogP contribution is -2.32. The summed E-state index contributed by atoms with van der Waals surface area (Å²) in [5, 5.41) is 10.2. The fourth-order valence-electron chi connectivity index (χ4n) is 3.95. The van der Waals surface area contributed by atoms with Crippen LogP contribution in [0.1, 0.15) is 5.56 Å². The van der Waals surface area contributed by atoms with E-state index < -0.39 is 12.1 Å². The monoisotopic (exact) mass is 566 g/mol. The van der Waals surface area contributed by atoms with E-state index in [-0.39, 0.29) is 11.8 Å². The van der Waals surface area contributed by atoms with Gasteiger partial charge in [-0.2, -0.15) is 13.2 Å². The Labute approximate surface area is 233 Å². The minimum atomic E-state index is -5.08. The molecule has 0 radical (unpaired) electrons. The molecule has 11 heteroatoms. The van der Waals surface area contributed by atoms with Gasteiger partial charge in [-0.3, -0.25) is 9.78 Å². The molecule has 0 saturated carbocycles. The average Bonchev–Trinajstić information content (AvgIpc) is 2.98. The van der Waals surface area contributed by atoms with Gasteiger partial charge in [0, 0.05) is 12.4 Å². The number of rotatable bonds is 6. The molecule has 0 bridgehead atoms. The SMILES string of the molecule is COc1ccc2c(c1)CC(C(=O)Nc1ccc(-c3ccncc3)cc1Oc1ccccc1)CO2.O=C(O)C(F)(F)F. The second-order valence-corrected chi connectivity index (χ2v) is 8.84. The number of para-hydroxylation sites is 1. The van der Waals surface area contributed by atoms with Crippen LogP contribution in [0.2, 0.25) is 0 Å². The minimum absolute atomic E-state index is 0.122. The second-order valence-electron chi connectivity index (χ2n) is 8.84. The van der Waals surface area contributed by atoms with Crippen molar-refractivity contribution >= 4 is 17.6 Å². The van der Waals surface area contributed by atoms with Gasteiger partial charge in [0.05, 0.1) is 18.7 Å². The second kappa shape index (κ2) is 12.9. The molecular weight excluding hydrogens is 541 g/mol. The molecule has 5 rings (SSSR count). The van der Waals surface area contributed by atoms with E-state index in [0.29, 0.717) is 30.2 Å². The predicted octanol–water partition coefficient (Wildman–Crippen LogP) is 6.37. The number of alkyl halides is 3. The maximum absolute atomic E-state index is 13.2. The van der Waals surface area contributed by atoms with Gasteiger partial charge in [0.1, 0.15) is 23.9 Å². The van der Waals surface area contributed by atoms with Crippen molar-refractivity contribution in [2.75, 3.05) is 19.0 Å². The molecule has 1 aromatic heterocycles. The van der Waals surface area contributed by atoms with Gasteiger partial charge in [0.15, 0.2) is 5.75 Å². The number of aliphatic carboxylic acids is 1. The first-order valence-corrected chi connectivity index (χ1v) is 12.3. The maximum atomic E-state index is 13.2. The number of carboxylic acid groups (broad SMARTS) is 1. The summed E-state index contributed by atoms with van der Waals surface area (Å²) in [6.45, 7) is 0.315. The quantitative estimate of drug-likeness (QED) is 0.279. The number of carbonyl (C=O) groups excluding carboxylic acids is 1. The number of nitrogens with zero attached hydrogens (tertiary/aromatic N) is 1. The zero-order chi connectivity index (χ0) is 29.4. The first-order valence-electron chi connectivity index (χ1n) is 12.3. The van der Waals surface area contributed by atoms with Crippen LogP contribution in [-0.4, -0.2) is 41.9 Å². The Balaban J connectivity index is 0.000000493. The van der Waals surface area contributed by atoms with Crippen LogP contribution in [0.3, 0.4) is 0 Å². The predicted molar refractivity (Wildman–Crippen MR) is 144 cm³/mol. The Morgan fingerprint density at radius 1 is 0.951 bits per heavy atom. The number of carboxylic acids is 1. The molecular formula is C30H25F3N2O6. The molecule has 1 aliphatic heterocycles. The number of pyridine rings is 1. The molecule has 3 aromatic carbocycles. The van der Waals surface area contributed by atoms with Gasteiger partial charge in [0.25, 0.3) is 0 Å². The van der Waals surface area contributed by atoms with Crippen LogP contribution < -0.4 is 19.5 Å². The van der Waals surface area contributed by atoms with Crippen molar-refractivity contribution in [2.24, 2.45) is 5.92 Å². The van der Waals surface area contributed by atoms with Crippen molar-refractivity contribution in [3.05, 3.63) is 96.8 Å². The highest BCUT2D eigenvalue weighted by atomic mass is 19.4. The third-order valence-corrected chi connectivity index (χ3v) is 6.01. The lowest BCUT2D eigenvalue weighted by Gasteiger charge is -2.25. The van der Waals surface area contributed by atoms with Gasteiger partial charge in [-0.25, -0.2) is 4.79 Å². The summed E-state index contributed by atoms with van der Waals surface area (Å²) in [5.74, 6) is -0.424. The summed E-state index contributed by atoms with van der Waals surface area (Å²) in [7, 11) is 1.62. The molecule has 2 heterocycles. The summed E-state index contributed by atoms with van der Waals surface area (Å²) in [6, 6.07) is 24.8. The summed E-state index contributed by atoms with van der Waals surface area (Å²) in [4.78, 5) is 26.2. The van der Waals surface area contributed by atoms with Gasteiger partial charge in [-0.05, 0) is 77.7 Å². The van der Waals surface area contributed by atoms with Crippen molar-refractivity contribution in [3.8, 4) is 34.1 Å². The Morgan fingerprint density at radius 2 is 1.66 bits per heavy atom. The molecule has 1 atom stereocenters. The minimum Gasteiger partial charge on any atom is -0.497 e. The number of fused-ring (bicyclic) bond motifs is 1. The highest BCUT2D eigenvalue weighted by Gasteiger charge is 2.38. The molecule has 0 aliphatic carbocycles.